The zero-order valence-electron chi connectivity index (χ0n) is 14.5. The van der Waals surface area contributed by atoms with E-state index in [4.69, 9.17) is 4.42 Å². The monoisotopic (exact) mass is 352 g/mol. The second kappa shape index (κ2) is 7.69. The largest absolute Gasteiger partial charge is 0.472 e. The van der Waals surface area contributed by atoms with Crippen LogP contribution in [0.15, 0.2) is 66.0 Å². The van der Waals surface area contributed by atoms with Gasteiger partial charge in [-0.1, -0.05) is 12.1 Å². The number of carbonyl (C=O) groups excluding carboxylic acids is 2. The fourth-order valence-electron chi connectivity index (χ4n) is 2.51. The molecule has 1 aromatic carbocycles. The quantitative estimate of drug-likeness (QED) is 0.713. The predicted molar refractivity (Wildman–Crippen MR) is 95.8 cm³/mol. The Morgan fingerprint density at radius 2 is 1.88 bits per heavy atom. The number of furan rings is 1. The Bertz CT molecular complexity index is 855. The number of benzene rings is 1. The number of amides is 2. The molecule has 2 unspecified atom stereocenters. The van der Waals surface area contributed by atoms with Crippen LogP contribution in [0, 0.1) is 0 Å². The van der Waals surface area contributed by atoms with E-state index in [0.29, 0.717) is 5.56 Å². The molecular formula is C19H20N4O3. The van der Waals surface area contributed by atoms with E-state index in [2.05, 4.69) is 15.6 Å². The Labute approximate surface area is 151 Å². The first-order valence-electron chi connectivity index (χ1n) is 8.26. The number of nitrogens with zero attached hydrogens (tertiary/aromatic N) is 2. The van der Waals surface area contributed by atoms with Crippen LogP contribution in [0.2, 0.25) is 0 Å². The molecule has 0 saturated carbocycles. The summed E-state index contributed by atoms with van der Waals surface area (Å²) in [5.41, 5.74) is 2.34. The molecule has 0 radical (unpaired) electrons. The molecule has 0 fully saturated rings. The zero-order valence-corrected chi connectivity index (χ0v) is 14.5. The molecular weight excluding hydrogens is 332 g/mol. The molecule has 3 rings (SSSR count). The predicted octanol–water partition coefficient (Wildman–Crippen LogP) is 2.46. The van der Waals surface area contributed by atoms with Crippen LogP contribution >= 0.6 is 0 Å². The third-order valence-electron chi connectivity index (χ3n) is 4.08. The number of nitrogens with one attached hydrogen (secondary N) is 2. The lowest BCUT2D eigenvalue weighted by Gasteiger charge is -2.19. The first-order valence-corrected chi connectivity index (χ1v) is 8.26. The first-order chi connectivity index (χ1) is 12.5. The summed E-state index contributed by atoms with van der Waals surface area (Å²) in [6, 6.07) is 8.53. The van der Waals surface area contributed by atoms with Crippen molar-refractivity contribution in [1.29, 1.82) is 0 Å². The maximum Gasteiger partial charge on any atom is 0.255 e. The molecule has 2 N–H and O–H groups in total. The molecule has 3 aromatic rings. The molecule has 0 aliphatic rings. The van der Waals surface area contributed by atoms with Crippen molar-refractivity contribution in [3.63, 3.8) is 0 Å². The molecule has 0 aliphatic carbocycles. The highest BCUT2D eigenvalue weighted by atomic mass is 16.3. The molecule has 0 saturated heterocycles. The smallest absolute Gasteiger partial charge is 0.255 e. The lowest BCUT2D eigenvalue weighted by Crippen LogP contribution is -2.45. The lowest BCUT2D eigenvalue weighted by atomic mass is 10.1. The molecule has 0 aliphatic heterocycles. The third-order valence-corrected chi connectivity index (χ3v) is 4.08. The number of hydrogen-bond donors (Lipinski definition) is 2. The van der Waals surface area contributed by atoms with Crippen LogP contribution < -0.4 is 10.6 Å². The molecule has 7 nitrogen and oxygen atoms in total. The molecule has 2 amide bonds. The van der Waals surface area contributed by atoms with Gasteiger partial charge in [0.25, 0.3) is 5.91 Å². The van der Waals surface area contributed by atoms with Crippen molar-refractivity contribution in [2.45, 2.75) is 25.9 Å². The normalized spacial score (nSPS) is 13.0. The zero-order chi connectivity index (χ0) is 18.5. The first kappa shape index (κ1) is 17.5. The van der Waals surface area contributed by atoms with Crippen LogP contribution in [0.5, 0.6) is 0 Å². The third kappa shape index (κ3) is 4.00. The highest BCUT2D eigenvalue weighted by molar-refractivity contribution is 5.97. The number of aromatic nitrogens is 2. The standard InChI is InChI=1S/C19H20N4O3/c1-13(15-3-5-17(6-4-15)23-9-8-20-12-23)21-18(24)14(2)22-19(25)16-7-10-26-11-16/h3-14H,1-2H3,(H,21,24)(H,22,25). The Kier molecular flexibility index (Phi) is 5.17. The molecule has 0 spiro atoms. The van der Waals surface area contributed by atoms with E-state index >= 15 is 0 Å². The fraction of sp³-hybridized carbons (Fsp3) is 0.211. The summed E-state index contributed by atoms with van der Waals surface area (Å²) in [6.45, 7) is 3.54. The summed E-state index contributed by atoms with van der Waals surface area (Å²) in [5, 5.41) is 5.55. The van der Waals surface area contributed by atoms with Crippen LogP contribution in [0.4, 0.5) is 0 Å². The summed E-state index contributed by atoms with van der Waals surface area (Å²) in [4.78, 5) is 28.3. The number of carbonyl (C=O) groups is 2. The van der Waals surface area contributed by atoms with Crippen molar-refractivity contribution in [1.82, 2.24) is 20.2 Å². The second-order valence-corrected chi connectivity index (χ2v) is 6.00. The maximum absolute atomic E-state index is 12.3. The van der Waals surface area contributed by atoms with Crippen LogP contribution in [0.3, 0.4) is 0 Å². The topological polar surface area (TPSA) is 89.2 Å². The number of imidazole rings is 1. The Balaban J connectivity index is 1.57. The van der Waals surface area contributed by atoms with Crippen LogP contribution in [-0.4, -0.2) is 27.4 Å². The minimum atomic E-state index is -0.662. The Morgan fingerprint density at radius 3 is 2.50 bits per heavy atom. The molecule has 0 bridgehead atoms. The summed E-state index contributed by atoms with van der Waals surface area (Å²) >= 11 is 0. The summed E-state index contributed by atoms with van der Waals surface area (Å²) in [6.07, 6.45) is 8.06. The van der Waals surface area contributed by atoms with Gasteiger partial charge in [0.05, 0.1) is 24.2 Å². The average Bonchev–Trinajstić information content (AvgIpc) is 3.35. The van der Waals surface area contributed by atoms with Crippen molar-refractivity contribution < 1.29 is 14.0 Å². The van der Waals surface area contributed by atoms with E-state index < -0.39 is 6.04 Å². The SMILES string of the molecule is CC(NC(=O)c1ccoc1)C(=O)NC(C)c1ccc(-n2ccnc2)cc1. The van der Waals surface area contributed by atoms with Gasteiger partial charge in [0.2, 0.25) is 5.91 Å². The van der Waals surface area contributed by atoms with Gasteiger partial charge >= 0.3 is 0 Å². The highest BCUT2D eigenvalue weighted by Crippen LogP contribution is 2.15. The average molecular weight is 352 g/mol. The van der Waals surface area contributed by atoms with Crippen molar-refractivity contribution in [2.24, 2.45) is 0 Å². The van der Waals surface area contributed by atoms with E-state index in [1.807, 2.05) is 42.0 Å². The van der Waals surface area contributed by atoms with Gasteiger partial charge in [-0.05, 0) is 37.6 Å². The fourth-order valence-corrected chi connectivity index (χ4v) is 2.51. The van der Waals surface area contributed by atoms with Crippen molar-refractivity contribution in [2.75, 3.05) is 0 Å². The van der Waals surface area contributed by atoms with E-state index in [1.54, 1.807) is 25.5 Å². The van der Waals surface area contributed by atoms with E-state index in [1.165, 1.54) is 12.5 Å². The van der Waals surface area contributed by atoms with Crippen LogP contribution in [0.25, 0.3) is 5.69 Å². The molecule has 7 heteroatoms. The van der Waals surface area contributed by atoms with Gasteiger partial charge in [0.1, 0.15) is 12.3 Å². The van der Waals surface area contributed by atoms with Crippen molar-refractivity contribution in [3.8, 4) is 5.69 Å². The molecule has 2 aromatic heterocycles. The van der Waals surface area contributed by atoms with Gasteiger partial charge in [0.15, 0.2) is 0 Å². The maximum atomic E-state index is 12.3. The van der Waals surface area contributed by atoms with Gasteiger partial charge in [-0.15, -0.1) is 0 Å². The highest BCUT2D eigenvalue weighted by Gasteiger charge is 2.19. The lowest BCUT2D eigenvalue weighted by molar-refractivity contribution is -0.123. The van der Waals surface area contributed by atoms with E-state index in [0.717, 1.165) is 11.3 Å². The molecule has 134 valence electrons. The summed E-state index contributed by atoms with van der Waals surface area (Å²) < 4.78 is 6.77. The van der Waals surface area contributed by atoms with Crippen LogP contribution in [0.1, 0.15) is 35.8 Å². The van der Waals surface area contributed by atoms with Gasteiger partial charge in [-0.3, -0.25) is 9.59 Å². The second-order valence-electron chi connectivity index (χ2n) is 6.00. The summed E-state index contributed by atoms with van der Waals surface area (Å²) in [5.74, 6) is -0.605. The van der Waals surface area contributed by atoms with E-state index in [-0.39, 0.29) is 17.9 Å². The minimum absolute atomic E-state index is 0.187. The van der Waals surface area contributed by atoms with Gasteiger partial charge in [-0.25, -0.2) is 4.98 Å². The molecule has 2 atom stereocenters. The number of rotatable bonds is 6. The van der Waals surface area contributed by atoms with Gasteiger partial charge < -0.3 is 19.6 Å². The van der Waals surface area contributed by atoms with Crippen LogP contribution in [-0.2, 0) is 4.79 Å². The van der Waals surface area contributed by atoms with Crippen molar-refractivity contribution in [3.05, 3.63) is 72.7 Å². The van der Waals surface area contributed by atoms with Gasteiger partial charge in [0, 0.05) is 18.1 Å². The minimum Gasteiger partial charge on any atom is -0.472 e. The summed E-state index contributed by atoms with van der Waals surface area (Å²) in [7, 11) is 0. The molecule has 2 heterocycles. The van der Waals surface area contributed by atoms with Gasteiger partial charge in [-0.2, -0.15) is 0 Å². The van der Waals surface area contributed by atoms with Crippen molar-refractivity contribution >= 4 is 11.8 Å². The molecule has 26 heavy (non-hydrogen) atoms. The van der Waals surface area contributed by atoms with E-state index in [9.17, 15) is 9.59 Å². The Morgan fingerprint density at radius 1 is 1.12 bits per heavy atom. The number of hydrogen-bond acceptors (Lipinski definition) is 4. The Hall–Kier alpha value is -3.35.